The summed E-state index contributed by atoms with van der Waals surface area (Å²) in [5.41, 5.74) is -0.644. The number of hydrogen-bond donors (Lipinski definition) is 1. The van der Waals surface area contributed by atoms with E-state index in [0.29, 0.717) is 0 Å². The third kappa shape index (κ3) is 3.72. The van der Waals surface area contributed by atoms with Crippen molar-refractivity contribution >= 4 is 11.9 Å². The van der Waals surface area contributed by atoms with Crippen molar-refractivity contribution in [2.45, 2.75) is 32.8 Å². The number of carboxylic acid groups (broad SMARTS) is 1. The molecule has 1 heterocycles. The molecule has 0 aliphatic carbocycles. The smallest absolute Gasteiger partial charge is 0.361 e. The Kier molecular flexibility index (Phi) is 3.31. The second-order valence-corrected chi connectivity index (χ2v) is 4.25. The number of rotatable bonds is 3. The number of esters is 1. The SMILES string of the molecule is CC(C)(C)OC(=O)c1cc(CC(=O)O)on1. The van der Waals surface area contributed by atoms with E-state index in [1.807, 2.05) is 0 Å². The minimum absolute atomic E-state index is 0.0221. The van der Waals surface area contributed by atoms with E-state index in [-0.39, 0.29) is 17.9 Å². The summed E-state index contributed by atoms with van der Waals surface area (Å²) in [7, 11) is 0. The Labute approximate surface area is 92.2 Å². The lowest BCUT2D eigenvalue weighted by Crippen LogP contribution is -2.24. The van der Waals surface area contributed by atoms with Gasteiger partial charge in [0.2, 0.25) is 0 Å². The van der Waals surface area contributed by atoms with Crippen molar-refractivity contribution < 1.29 is 24.0 Å². The molecule has 16 heavy (non-hydrogen) atoms. The summed E-state index contributed by atoms with van der Waals surface area (Å²) in [6, 6.07) is 1.27. The normalized spacial score (nSPS) is 11.2. The number of carbonyl (C=O) groups is 2. The van der Waals surface area contributed by atoms with Crippen LogP contribution in [0.15, 0.2) is 10.6 Å². The molecule has 6 heteroatoms. The van der Waals surface area contributed by atoms with E-state index in [9.17, 15) is 9.59 Å². The highest BCUT2D eigenvalue weighted by Gasteiger charge is 2.21. The van der Waals surface area contributed by atoms with Gasteiger partial charge in [0.25, 0.3) is 0 Å². The first kappa shape index (κ1) is 12.2. The number of carbonyl (C=O) groups excluding carboxylic acids is 1. The van der Waals surface area contributed by atoms with Crippen LogP contribution in [0.1, 0.15) is 37.0 Å². The zero-order valence-electron chi connectivity index (χ0n) is 9.31. The maximum absolute atomic E-state index is 11.5. The molecule has 1 rings (SSSR count). The molecule has 0 atom stereocenters. The number of ether oxygens (including phenoxy) is 1. The predicted molar refractivity (Wildman–Crippen MR) is 53.0 cm³/mol. The summed E-state index contributed by atoms with van der Waals surface area (Å²) in [4.78, 5) is 21.8. The molecule has 0 saturated heterocycles. The van der Waals surface area contributed by atoms with Crippen molar-refractivity contribution in [2.24, 2.45) is 0 Å². The lowest BCUT2D eigenvalue weighted by Gasteiger charge is -2.18. The Morgan fingerprint density at radius 2 is 2.12 bits per heavy atom. The van der Waals surface area contributed by atoms with E-state index in [1.165, 1.54) is 6.07 Å². The molecule has 88 valence electrons. The maximum atomic E-state index is 11.5. The van der Waals surface area contributed by atoms with Crippen LogP contribution in [-0.4, -0.2) is 27.8 Å². The topological polar surface area (TPSA) is 89.6 Å². The van der Waals surface area contributed by atoms with E-state index >= 15 is 0 Å². The fraction of sp³-hybridized carbons (Fsp3) is 0.500. The number of nitrogens with zero attached hydrogens (tertiary/aromatic N) is 1. The molecule has 0 bridgehead atoms. The number of carboxylic acids is 1. The van der Waals surface area contributed by atoms with E-state index in [1.54, 1.807) is 20.8 Å². The number of hydrogen-bond acceptors (Lipinski definition) is 5. The standard InChI is InChI=1S/C10H13NO5/c1-10(2,3)15-9(14)7-4-6(16-11-7)5-8(12)13/h4H,5H2,1-3H3,(H,12,13). The van der Waals surface area contributed by atoms with Crippen molar-refractivity contribution in [1.82, 2.24) is 5.16 Å². The molecule has 0 unspecified atom stereocenters. The van der Waals surface area contributed by atoms with Crippen LogP contribution in [0, 0.1) is 0 Å². The van der Waals surface area contributed by atoms with Crippen LogP contribution in [-0.2, 0) is 16.0 Å². The lowest BCUT2D eigenvalue weighted by molar-refractivity contribution is -0.136. The Bertz CT molecular complexity index is 402. The monoisotopic (exact) mass is 227 g/mol. The van der Waals surface area contributed by atoms with Gasteiger partial charge in [0.05, 0.1) is 0 Å². The first-order valence-corrected chi connectivity index (χ1v) is 4.68. The van der Waals surface area contributed by atoms with Crippen LogP contribution >= 0.6 is 0 Å². The van der Waals surface area contributed by atoms with Crippen LogP contribution in [0.5, 0.6) is 0 Å². The van der Waals surface area contributed by atoms with Crippen LogP contribution < -0.4 is 0 Å². The van der Waals surface area contributed by atoms with Crippen LogP contribution in [0.4, 0.5) is 0 Å². The van der Waals surface area contributed by atoms with Crippen molar-refractivity contribution in [2.75, 3.05) is 0 Å². The van der Waals surface area contributed by atoms with Gasteiger partial charge in [0, 0.05) is 6.07 Å². The fourth-order valence-electron chi connectivity index (χ4n) is 0.972. The second kappa shape index (κ2) is 4.34. The van der Waals surface area contributed by atoms with Gasteiger partial charge in [-0.05, 0) is 20.8 Å². The summed E-state index contributed by atoms with van der Waals surface area (Å²) in [6.07, 6.45) is -0.310. The van der Waals surface area contributed by atoms with Crippen molar-refractivity contribution in [3.8, 4) is 0 Å². The van der Waals surface area contributed by atoms with Gasteiger partial charge in [-0.15, -0.1) is 0 Å². The first-order valence-electron chi connectivity index (χ1n) is 4.68. The molecule has 1 aromatic rings. The fourth-order valence-corrected chi connectivity index (χ4v) is 0.972. The molecule has 0 aliphatic rings. The van der Waals surface area contributed by atoms with Gasteiger partial charge in [0.15, 0.2) is 5.69 Å². The van der Waals surface area contributed by atoms with Gasteiger partial charge >= 0.3 is 11.9 Å². The average Bonchev–Trinajstić information content (AvgIpc) is 2.48. The van der Waals surface area contributed by atoms with E-state index in [2.05, 4.69) is 9.68 Å². The second-order valence-electron chi connectivity index (χ2n) is 4.25. The summed E-state index contributed by atoms with van der Waals surface area (Å²) in [6.45, 7) is 5.18. The molecular formula is C10H13NO5. The van der Waals surface area contributed by atoms with Gasteiger partial charge in [0.1, 0.15) is 17.8 Å². The highest BCUT2D eigenvalue weighted by molar-refractivity contribution is 5.87. The Hall–Kier alpha value is -1.85. The van der Waals surface area contributed by atoms with Gasteiger partial charge in [-0.3, -0.25) is 4.79 Å². The number of aromatic nitrogens is 1. The number of aliphatic carboxylic acids is 1. The van der Waals surface area contributed by atoms with E-state index < -0.39 is 17.5 Å². The molecule has 0 fully saturated rings. The molecule has 1 aromatic heterocycles. The van der Waals surface area contributed by atoms with Gasteiger partial charge in [-0.2, -0.15) is 0 Å². The van der Waals surface area contributed by atoms with E-state index in [0.717, 1.165) is 0 Å². The van der Waals surface area contributed by atoms with Crippen molar-refractivity contribution in [1.29, 1.82) is 0 Å². The van der Waals surface area contributed by atoms with Crippen molar-refractivity contribution in [3.05, 3.63) is 17.5 Å². The minimum Gasteiger partial charge on any atom is -0.481 e. The predicted octanol–water partition coefficient (Wildman–Crippen LogP) is 1.26. The molecule has 0 radical (unpaired) electrons. The lowest BCUT2D eigenvalue weighted by atomic mass is 10.2. The summed E-state index contributed by atoms with van der Waals surface area (Å²) >= 11 is 0. The van der Waals surface area contributed by atoms with Crippen LogP contribution in [0.3, 0.4) is 0 Å². The zero-order chi connectivity index (χ0) is 12.3. The van der Waals surface area contributed by atoms with Gasteiger partial charge in [-0.25, -0.2) is 4.79 Å². The summed E-state index contributed by atoms with van der Waals surface area (Å²) in [5, 5.41) is 11.9. The highest BCUT2D eigenvalue weighted by Crippen LogP contribution is 2.12. The molecular weight excluding hydrogens is 214 g/mol. The Morgan fingerprint density at radius 1 is 1.50 bits per heavy atom. The molecule has 0 amide bonds. The van der Waals surface area contributed by atoms with Crippen molar-refractivity contribution in [3.63, 3.8) is 0 Å². The summed E-state index contributed by atoms with van der Waals surface area (Å²) < 4.78 is 9.71. The molecule has 1 N–H and O–H groups in total. The molecule has 0 spiro atoms. The van der Waals surface area contributed by atoms with Gasteiger partial charge < -0.3 is 14.4 Å². The highest BCUT2D eigenvalue weighted by atomic mass is 16.6. The molecule has 0 aliphatic heterocycles. The minimum atomic E-state index is -1.05. The molecule has 0 saturated carbocycles. The quantitative estimate of drug-likeness (QED) is 0.782. The zero-order valence-corrected chi connectivity index (χ0v) is 9.31. The maximum Gasteiger partial charge on any atom is 0.361 e. The largest absolute Gasteiger partial charge is 0.481 e. The van der Waals surface area contributed by atoms with Crippen LogP contribution in [0.2, 0.25) is 0 Å². The molecule has 0 aromatic carbocycles. The third-order valence-electron chi connectivity index (χ3n) is 1.49. The third-order valence-corrected chi connectivity index (χ3v) is 1.49. The van der Waals surface area contributed by atoms with Gasteiger partial charge in [-0.1, -0.05) is 5.16 Å². The average molecular weight is 227 g/mol. The van der Waals surface area contributed by atoms with Crippen LogP contribution in [0.25, 0.3) is 0 Å². The summed E-state index contributed by atoms with van der Waals surface area (Å²) in [5.74, 6) is -1.56. The molecule has 6 nitrogen and oxygen atoms in total. The van der Waals surface area contributed by atoms with E-state index in [4.69, 9.17) is 9.84 Å². The Balaban J connectivity index is 2.71. The first-order chi connectivity index (χ1) is 7.28. The Morgan fingerprint density at radius 3 is 2.62 bits per heavy atom.